The van der Waals surface area contributed by atoms with E-state index in [-0.39, 0.29) is 18.0 Å². The van der Waals surface area contributed by atoms with Crippen LogP contribution in [0.5, 0.6) is 0 Å². The number of amides is 1. The van der Waals surface area contributed by atoms with Gasteiger partial charge >= 0.3 is 5.97 Å². The van der Waals surface area contributed by atoms with Gasteiger partial charge in [0.05, 0.1) is 24.9 Å². The van der Waals surface area contributed by atoms with Crippen molar-refractivity contribution in [2.24, 2.45) is 0 Å². The summed E-state index contributed by atoms with van der Waals surface area (Å²) in [5.74, 6) is -0.790. The number of ether oxygens (including phenoxy) is 1. The van der Waals surface area contributed by atoms with Gasteiger partial charge in [0.15, 0.2) is 0 Å². The maximum Gasteiger partial charge on any atom is 0.339 e. The second-order valence-electron chi connectivity index (χ2n) is 3.26. The van der Waals surface area contributed by atoms with E-state index in [1.54, 1.807) is 13.1 Å². The van der Waals surface area contributed by atoms with Crippen molar-refractivity contribution in [3.05, 3.63) is 28.8 Å². The molecule has 1 amide bonds. The average Bonchev–Trinajstić information content (AvgIpc) is 2.28. The van der Waals surface area contributed by atoms with E-state index in [0.717, 1.165) is 0 Å². The molecular formula is C11H13ClN2O3. The van der Waals surface area contributed by atoms with E-state index in [2.05, 4.69) is 15.4 Å². The zero-order valence-electron chi connectivity index (χ0n) is 9.54. The number of halogens is 1. The molecule has 0 atom stereocenters. The topological polar surface area (TPSA) is 67.4 Å². The number of anilines is 1. The first-order valence-electron chi connectivity index (χ1n) is 4.90. The van der Waals surface area contributed by atoms with Gasteiger partial charge in [-0.25, -0.2) is 4.79 Å². The van der Waals surface area contributed by atoms with Crippen molar-refractivity contribution < 1.29 is 14.3 Å². The number of hydrogen-bond acceptors (Lipinski definition) is 4. The number of nitrogens with one attached hydrogen (secondary N) is 2. The van der Waals surface area contributed by atoms with Crippen molar-refractivity contribution >= 4 is 29.2 Å². The molecule has 1 rings (SSSR count). The monoisotopic (exact) mass is 256 g/mol. The maximum absolute atomic E-state index is 11.5. The maximum atomic E-state index is 11.5. The fourth-order valence-corrected chi connectivity index (χ4v) is 1.43. The standard InChI is InChI=1S/C11H13ClN2O3/c1-13-6-10(15)14-9-5-7(12)3-4-8(9)11(16)17-2/h3-5,13H,6H2,1-2H3,(H,14,15). The molecule has 0 bridgehead atoms. The van der Waals surface area contributed by atoms with Crippen LogP contribution in [-0.2, 0) is 9.53 Å². The van der Waals surface area contributed by atoms with Crippen molar-refractivity contribution in [2.45, 2.75) is 0 Å². The first kappa shape index (κ1) is 13.5. The third kappa shape index (κ3) is 3.72. The summed E-state index contributed by atoms with van der Waals surface area (Å²) in [6, 6.07) is 4.56. The van der Waals surface area contributed by atoms with Gasteiger partial charge in [0.1, 0.15) is 0 Å². The molecule has 2 N–H and O–H groups in total. The SMILES string of the molecule is CNCC(=O)Nc1cc(Cl)ccc1C(=O)OC. The van der Waals surface area contributed by atoms with Crippen LogP contribution >= 0.6 is 11.6 Å². The van der Waals surface area contributed by atoms with E-state index in [1.807, 2.05) is 0 Å². The Balaban J connectivity index is 2.99. The number of hydrogen-bond donors (Lipinski definition) is 2. The Morgan fingerprint density at radius 2 is 2.12 bits per heavy atom. The molecule has 1 aromatic rings. The molecule has 5 nitrogen and oxygen atoms in total. The highest BCUT2D eigenvalue weighted by molar-refractivity contribution is 6.31. The van der Waals surface area contributed by atoms with Crippen LogP contribution in [-0.4, -0.2) is 32.6 Å². The zero-order chi connectivity index (χ0) is 12.8. The largest absolute Gasteiger partial charge is 0.465 e. The molecular weight excluding hydrogens is 244 g/mol. The molecule has 0 radical (unpaired) electrons. The van der Waals surface area contributed by atoms with Crippen LogP contribution in [0.4, 0.5) is 5.69 Å². The minimum absolute atomic E-state index is 0.146. The second-order valence-corrected chi connectivity index (χ2v) is 3.70. The number of rotatable bonds is 4. The predicted octanol–water partition coefficient (Wildman–Crippen LogP) is 1.28. The molecule has 0 aliphatic rings. The van der Waals surface area contributed by atoms with E-state index < -0.39 is 5.97 Å². The van der Waals surface area contributed by atoms with Crippen molar-refractivity contribution in [3.63, 3.8) is 0 Å². The predicted molar refractivity (Wildman–Crippen MR) is 65.3 cm³/mol. The Labute approximate surface area is 104 Å². The van der Waals surface area contributed by atoms with Crippen molar-refractivity contribution in [2.75, 3.05) is 26.0 Å². The second kappa shape index (κ2) is 6.22. The summed E-state index contributed by atoms with van der Waals surface area (Å²) in [5.41, 5.74) is 0.603. The summed E-state index contributed by atoms with van der Waals surface area (Å²) in [7, 11) is 2.93. The zero-order valence-corrected chi connectivity index (χ0v) is 10.3. The molecule has 6 heteroatoms. The lowest BCUT2D eigenvalue weighted by molar-refractivity contribution is -0.115. The lowest BCUT2D eigenvalue weighted by atomic mass is 10.2. The van der Waals surface area contributed by atoms with Gasteiger partial charge in [0.2, 0.25) is 5.91 Å². The molecule has 92 valence electrons. The minimum atomic E-state index is -0.526. The highest BCUT2D eigenvalue weighted by Crippen LogP contribution is 2.21. The fraction of sp³-hybridized carbons (Fsp3) is 0.273. The van der Waals surface area contributed by atoms with Crippen LogP contribution in [0.25, 0.3) is 0 Å². The first-order chi connectivity index (χ1) is 8.08. The molecule has 0 fully saturated rings. The quantitative estimate of drug-likeness (QED) is 0.797. The van der Waals surface area contributed by atoms with Crippen LogP contribution in [0.2, 0.25) is 5.02 Å². The van der Waals surface area contributed by atoms with Gasteiger partial charge in [-0.2, -0.15) is 0 Å². The molecule has 0 aromatic heterocycles. The van der Waals surface area contributed by atoms with E-state index >= 15 is 0 Å². The fourth-order valence-electron chi connectivity index (χ4n) is 1.26. The number of carbonyl (C=O) groups excluding carboxylic acids is 2. The Bertz CT molecular complexity index is 435. The van der Waals surface area contributed by atoms with E-state index in [1.165, 1.54) is 19.2 Å². The normalized spacial score (nSPS) is 9.82. The van der Waals surface area contributed by atoms with E-state index in [0.29, 0.717) is 10.7 Å². The molecule has 0 saturated heterocycles. The van der Waals surface area contributed by atoms with Crippen molar-refractivity contribution in [1.82, 2.24) is 5.32 Å². The molecule has 0 saturated carbocycles. The van der Waals surface area contributed by atoms with Crippen LogP contribution in [0.1, 0.15) is 10.4 Å². The highest BCUT2D eigenvalue weighted by atomic mass is 35.5. The van der Waals surface area contributed by atoms with Crippen LogP contribution < -0.4 is 10.6 Å². The number of benzene rings is 1. The molecule has 17 heavy (non-hydrogen) atoms. The Hall–Kier alpha value is -1.59. The summed E-state index contributed by atoms with van der Waals surface area (Å²) in [6.07, 6.45) is 0. The van der Waals surface area contributed by atoms with Crippen LogP contribution in [0.3, 0.4) is 0 Å². The van der Waals surface area contributed by atoms with Gasteiger partial charge in [0, 0.05) is 5.02 Å². The van der Waals surface area contributed by atoms with Crippen LogP contribution in [0, 0.1) is 0 Å². The van der Waals surface area contributed by atoms with Crippen molar-refractivity contribution in [1.29, 1.82) is 0 Å². The third-order valence-electron chi connectivity index (χ3n) is 2.00. The van der Waals surface area contributed by atoms with E-state index in [9.17, 15) is 9.59 Å². The molecule has 1 aromatic carbocycles. The summed E-state index contributed by atoms with van der Waals surface area (Å²) < 4.78 is 4.61. The molecule has 0 aliphatic carbocycles. The number of esters is 1. The van der Waals surface area contributed by atoms with Gasteiger partial charge in [-0.15, -0.1) is 0 Å². The minimum Gasteiger partial charge on any atom is -0.465 e. The number of likely N-dealkylation sites (N-methyl/N-ethyl adjacent to an activating group) is 1. The van der Waals surface area contributed by atoms with Gasteiger partial charge in [-0.05, 0) is 25.2 Å². The summed E-state index contributed by atoms with van der Waals surface area (Å²) in [5, 5.41) is 5.71. The highest BCUT2D eigenvalue weighted by Gasteiger charge is 2.13. The van der Waals surface area contributed by atoms with Crippen molar-refractivity contribution in [3.8, 4) is 0 Å². The van der Waals surface area contributed by atoms with Gasteiger partial charge in [0.25, 0.3) is 0 Å². The average molecular weight is 257 g/mol. The summed E-state index contributed by atoms with van der Waals surface area (Å²) in [6.45, 7) is 0.146. The summed E-state index contributed by atoms with van der Waals surface area (Å²) in [4.78, 5) is 22.9. The van der Waals surface area contributed by atoms with Gasteiger partial charge < -0.3 is 15.4 Å². The Kier molecular flexibility index (Phi) is 4.93. The number of carbonyl (C=O) groups is 2. The van der Waals surface area contributed by atoms with E-state index in [4.69, 9.17) is 11.6 Å². The lowest BCUT2D eigenvalue weighted by Gasteiger charge is -2.09. The Morgan fingerprint density at radius 3 is 2.71 bits per heavy atom. The lowest BCUT2D eigenvalue weighted by Crippen LogP contribution is -2.26. The van der Waals surface area contributed by atoms with Crippen LogP contribution in [0.15, 0.2) is 18.2 Å². The molecule has 0 unspecified atom stereocenters. The number of methoxy groups -OCH3 is 1. The molecule has 0 spiro atoms. The Morgan fingerprint density at radius 1 is 1.41 bits per heavy atom. The van der Waals surface area contributed by atoms with Gasteiger partial charge in [-0.1, -0.05) is 11.6 Å². The smallest absolute Gasteiger partial charge is 0.339 e. The van der Waals surface area contributed by atoms with Gasteiger partial charge in [-0.3, -0.25) is 4.79 Å². The first-order valence-corrected chi connectivity index (χ1v) is 5.28. The third-order valence-corrected chi connectivity index (χ3v) is 2.23. The molecule has 0 aliphatic heterocycles. The summed E-state index contributed by atoms with van der Waals surface area (Å²) >= 11 is 5.81. The molecule has 0 heterocycles.